The van der Waals surface area contributed by atoms with Crippen molar-refractivity contribution >= 4 is 17.4 Å². The van der Waals surface area contributed by atoms with Crippen molar-refractivity contribution in [2.24, 2.45) is 10.8 Å². The lowest BCUT2D eigenvalue weighted by Crippen LogP contribution is -2.71. The Labute approximate surface area is 107 Å². The van der Waals surface area contributed by atoms with E-state index in [1.807, 2.05) is 6.07 Å². The topological polar surface area (TPSA) is 37.3 Å². The first kappa shape index (κ1) is 12.6. The van der Waals surface area contributed by atoms with Gasteiger partial charge in [0.15, 0.2) is 5.78 Å². The third kappa shape index (κ3) is 1.28. The van der Waals surface area contributed by atoms with Crippen LogP contribution in [0.4, 0.5) is 0 Å². The van der Waals surface area contributed by atoms with Crippen LogP contribution in [0.25, 0.3) is 0 Å². The predicted molar refractivity (Wildman–Crippen MR) is 67.9 cm³/mol. The summed E-state index contributed by atoms with van der Waals surface area (Å²) in [5, 5.41) is 11.5. The normalized spacial score (nSPS) is 24.2. The van der Waals surface area contributed by atoms with E-state index in [0.717, 1.165) is 0 Å². The van der Waals surface area contributed by atoms with E-state index in [0.29, 0.717) is 10.6 Å². The smallest absolute Gasteiger partial charge is 0.150 e. The average Bonchev–Trinajstić information content (AvgIpc) is 2.26. The second-order valence-corrected chi connectivity index (χ2v) is 6.24. The summed E-state index contributed by atoms with van der Waals surface area (Å²) in [5.74, 6) is 0.0764. The van der Waals surface area contributed by atoms with Gasteiger partial charge in [0.25, 0.3) is 0 Å². The molecule has 0 radical (unpaired) electrons. The van der Waals surface area contributed by atoms with Gasteiger partial charge in [0.1, 0.15) is 5.60 Å². The number of aliphatic hydroxyl groups is 1. The average molecular weight is 253 g/mol. The molecule has 0 atom stereocenters. The number of carbonyl (C=O) groups excluding carboxylic acids is 1. The van der Waals surface area contributed by atoms with Gasteiger partial charge < -0.3 is 5.11 Å². The van der Waals surface area contributed by atoms with Gasteiger partial charge >= 0.3 is 0 Å². The first-order valence-electron chi connectivity index (χ1n) is 5.69. The molecular weight excluding hydrogens is 236 g/mol. The number of Topliss-reactive ketones (excluding diaryl/α,β-unsaturated/α-hetero) is 1. The molecule has 1 N–H and O–H groups in total. The van der Waals surface area contributed by atoms with Crippen LogP contribution >= 0.6 is 11.6 Å². The van der Waals surface area contributed by atoms with Crippen molar-refractivity contribution < 1.29 is 9.90 Å². The van der Waals surface area contributed by atoms with Crippen molar-refractivity contribution in [2.75, 3.05) is 0 Å². The molecule has 1 saturated carbocycles. The van der Waals surface area contributed by atoms with E-state index < -0.39 is 16.4 Å². The van der Waals surface area contributed by atoms with Crippen LogP contribution in [0, 0.1) is 10.8 Å². The molecule has 17 heavy (non-hydrogen) atoms. The molecule has 0 aliphatic heterocycles. The molecule has 0 unspecified atom stereocenters. The zero-order chi connectivity index (χ0) is 13.1. The SMILES string of the molecule is CC1(C)C(=O)C(C)(C)C1(O)c1cccc(Cl)c1. The number of halogens is 1. The summed E-state index contributed by atoms with van der Waals surface area (Å²) < 4.78 is 0. The van der Waals surface area contributed by atoms with Gasteiger partial charge in [0.2, 0.25) is 0 Å². The molecule has 1 fully saturated rings. The molecule has 1 aliphatic rings. The third-order valence-corrected chi connectivity index (χ3v) is 4.42. The molecule has 1 aromatic rings. The number of benzene rings is 1. The molecule has 0 spiro atoms. The molecule has 0 aromatic heterocycles. The zero-order valence-electron chi connectivity index (χ0n) is 10.5. The summed E-state index contributed by atoms with van der Waals surface area (Å²) in [4.78, 5) is 12.1. The number of ketones is 1. The molecule has 1 aromatic carbocycles. The molecule has 0 amide bonds. The lowest BCUT2D eigenvalue weighted by Gasteiger charge is -2.62. The summed E-state index contributed by atoms with van der Waals surface area (Å²) in [7, 11) is 0. The van der Waals surface area contributed by atoms with E-state index in [-0.39, 0.29) is 5.78 Å². The van der Waals surface area contributed by atoms with E-state index in [1.54, 1.807) is 45.9 Å². The van der Waals surface area contributed by atoms with Gasteiger partial charge in [-0.25, -0.2) is 0 Å². The maximum absolute atomic E-state index is 12.1. The van der Waals surface area contributed by atoms with Gasteiger partial charge in [-0.1, -0.05) is 23.7 Å². The second-order valence-electron chi connectivity index (χ2n) is 5.80. The molecule has 3 heteroatoms. The molecule has 2 nitrogen and oxygen atoms in total. The van der Waals surface area contributed by atoms with Crippen LogP contribution in [0.15, 0.2) is 24.3 Å². The Hall–Kier alpha value is -0.860. The Morgan fingerprint density at radius 3 is 2.12 bits per heavy atom. The van der Waals surface area contributed by atoms with Gasteiger partial charge in [0.05, 0.1) is 10.8 Å². The standard InChI is InChI=1S/C14H17ClO2/c1-12(2)11(16)13(3,4)14(12,17)9-6-5-7-10(15)8-9/h5-8,17H,1-4H3. The quantitative estimate of drug-likeness (QED) is 0.834. The van der Waals surface area contributed by atoms with Crippen molar-refractivity contribution in [1.82, 2.24) is 0 Å². The minimum absolute atomic E-state index is 0.0764. The Morgan fingerprint density at radius 2 is 1.65 bits per heavy atom. The van der Waals surface area contributed by atoms with Crippen molar-refractivity contribution in [3.8, 4) is 0 Å². The van der Waals surface area contributed by atoms with Gasteiger partial charge in [-0.3, -0.25) is 4.79 Å². The van der Waals surface area contributed by atoms with Crippen molar-refractivity contribution in [1.29, 1.82) is 0 Å². The van der Waals surface area contributed by atoms with Crippen LogP contribution in [-0.4, -0.2) is 10.9 Å². The molecule has 92 valence electrons. The summed E-state index contributed by atoms with van der Waals surface area (Å²) in [6.07, 6.45) is 0. The van der Waals surface area contributed by atoms with Crippen LogP contribution in [-0.2, 0) is 10.4 Å². The van der Waals surface area contributed by atoms with Crippen LogP contribution < -0.4 is 0 Å². The van der Waals surface area contributed by atoms with Crippen LogP contribution in [0.3, 0.4) is 0 Å². The summed E-state index contributed by atoms with van der Waals surface area (Å²) in [6.45, 7) is 7.12. The Morgan fingerprint density at radius 1 is 1.12 bits per heavy atom. The molecule has 0 saturated heterocycles. The zero-order valence-corrected chi connectivity index (χ0v) is 11.3. The van der Waals surface area contributed by atoms with Gasteiger partial charge in [-0.05, 0) is 45.4 Å². The van der Waals surface area contributed by atoms with Gasteiger partial charge in [-0.2, -0.15) is 0 Å². The maximum atomic E-state index is 12.1. The highest BCUT2D eigenvalue weighted by Crippen LogP contribution is 2.63. The van der Waals surface area contributed by atoms with E-state index in [1.165, 1.54) is 0 Å². The van der Waals surface area contributed by atoms with Crippen molar-refractivity contribution in [3.05, 3.63) is 34.9 Å². The fourth-order valence-corrected chi connectivity index (χ4v) is 3.45. The predicted octanol–water partition coefficient (Wildman–Crippen LogP) is 3.16. The molecule has 0 heterocycles. The van der Waals surface area contributed by atoms with E-state index in [4.69, 9.17) is 11.6 Å². The van der Waals surface area contributed by atoms with Gasteiger partial charge in [-0.15, -0.1) is 0 Å². The molecule has 0 bridgehead atoms. The fourth-order valence-electron chi connectivity index (χ4n) is 3.26. The number of carbonyl (C=O) groups is 1. The Bertz CT molecular complexity index is 471. The van der Waals surface area contributed by atoms with Crippen LogP contribution in [0.5, 0.6) is 0 Å². The van der Waals surface area contributed by atoms with Crippen molar-refractivity contribution in [2.45, 2.75) is 33.3 Å². The van der Waals surface area contributed by atoms with Crippen LogP contribution in [0.1, 0.15) is 33.3 Å². The fraction of sp³-hybridized carbons (Fsp3) is 0.500. The Balaban J connectivity index is 2.60. The highest BCUT2D eigenvalue weighted by molar-refractivity contribution is 6.30. The molecule has 2 rings (SSSR count). The van der Waals surface area contributed by atoms with E-state index in [9.17, 15) is 9.90 Å². The molecule has 1 aliphatic carbocycles. The first-order chi connectivity index (χ1) is 7.65. The number of hydrogen-bond acceptors (Lipinski definition) is 2. The largest absolute Gasteiger partial charge is 0.383 e. The number of rotatable bonds is 1. The lowest BCUT2D eigenvalue weighted by molar-refractivity contribution is -0.230. The summed E-state index contributed by atoms with van der Waals surface area (Å²) >= 11 is 5.96. The van der Waals surface area contributed by atoms with E-state index in [2.05, 4.69) is 0 Å². The molecular formula is C14H17ClO2. The highest BCUT2D eigenvalue weighted by atomic mass is 35.5. The first-order valence-corrected chi connectivity index (χ1v) is 6.07. The Kier molecular flexibility index (Phi) is 2.47. The van der Waals surface area contributed by atoms with Crippen LogP contribution in [0.2, 0.25) is 5.02 Å². The monoisotopic (exact) mass is 252 g/mol. The van der Waals surface area contributed by atoms with E-state index >= 15 is 0 Å². The van der Waals surface area contributed by atoms with Gasteiger partial charge in [0, 0.05) is 5.02 Å². The minimum Gasteiger partial charge on any atom is -0.383 e. The second kappa shape index (κ2) is 3.33. The summed E-state index contributed by atoms with van der Waals surface area (Å²) in [6, 6.07) is 7.11. The highest BCUT2D eigenvalue weighted by Gasteiger charge is 2.72. The summed E-state index contributed by atoms with van der Waals surface area (Å²) in [5.41, 5.74) is -2.01. The maximum Gasteiger partial charge on any atom is 0.150 e. The minimum atomic E-state index is -1.16. The third-order valence-electron chi connectivity index (χ3n) is 4.19. The number of hydrogen-bond donors (Lipinski definition) is 1. The lowest BCUT2D eigenvalue weighted by atomic mass is 9.42. The van der Waals surface area contributed by atoms with Crippen molar-refractivity contribution in [3.63, 3.8) is 0 Å².